The number of hydrogen-bond acceptors (Lipinski definition) is 2. The Morgan fingerprint density at radius 1 is 1.36 bits per heavy atom. The van der Waals surface area contributed by atoms with Crippen LogP contribution in [0.5, 0.6) is 0 Å². The van der Waals surface area contributed by atoms with Crippen LogP contribution < -0.4 is 5.32 Å². The van der Waals surface area contributed by atoms with E-state index < -0.39 is 0 Å². The van der Waals surface area contributed by atoms with Crippen molar-refractivity contribution in [2.75, 3.05) is 12.3 Å². The first kappa shape index (κ1) is 10.3. The number of aliphatic imine (C=N–C) groups is 1. The summed E-state index contributed by atoms with van der Waals surface area (Å²) < 4.78 is 0. The summed E-state index contributed by atoms with van der Waals surface area (Å²) in [6.07, 6.45) is 1.38. The second-order valence-electron chi connectivity index (χ2n) is 4.84. The molecule has 0 bridgehead atoms. The first-order valence-corrected chi connectivity index (χ1v) is 6.59. The third kappa shape index (κ3) is 2.44. The summed E-state index contributed by atoms with van der Waals surface area (Å²) in [5, 5.41) is 4.65. The summed E-state index contributed by atoms with van der Waals surface area (Å²) in [5.41, 5.74) is 0. The Morgan fingerprint density at radius 2 is 2.07 bits per heavy atom. The van der Waals surface area contributed by atoms with Crippen LogP contribution in [-0.2, 0) is 0 Å². The largest absolute Gasteiger partial charge is 0.362 e. The summed E-state index contributed by atoms with van der Waals surface area (Å²) in [4.78, 5) is 4.65. The third-order valence-electron chi connectivity index (χ3n) is 3.43. The minimum atomic E-state index is 0.589. The van der Waals surface area contributed by atoms with Gasteiger partial charge in [0.25, 0.3) is 0 Å². The van der Waals surface area contributed by atoms with E-state index in [1.165, 1.54) is 17.3 Å². The average Bonchev–Trinajstić information content (AvgIpc) is 2.85. The summed E-state index contributed by atoms with van der Waals surface area (Å²) in [6, 6.07) is 0.589. The Hall–Kier alpha value is -0.180. The first-order chi connectivity index (χ1) is 6.66. The van der Waals surface area contributed by atoms with E-state index in [1.54, 1.807) is 0 Å². The lowest BCUT2D eigenvalue weighted by Gasteiger charge is -2.28. The number of nitrogens with one attached hydrogen (secondary N) is 1. The van der Waals surface area contributed by atoms with E-state index in [9.17, 15) is 0 Å². The van der Waals surface area contributed by atoms with Crippen LogP contribution in [0.15, 0.2) is 4.99 Å². The zero-order valence-corrected chi connectivity index (χ0v) is 10.1. The quantitative estimate of drug-likeness (QED) is 0.760. The molecule has 1 aliphatic heterocycles. The van der Waals surface area contributed by atoms with Crippen LogP contribution in [0.4, 0.5) is 0 Å². The van der Waals surface area contributed by atoms with Gasteiger partial charge in [-0.3, -0.25) is 4.99 Å². The maximum absolute atomic E-state index is 4.65. The fraction of sp³-hybridized carbons (Fsp3) is 0.909. The number of amidine groups is 1. The second kappa shape index (κ2) is 4.13. The lowest BCUT2D eigenvalue weighted by molar-refractivity contribution is 0.489. The van der Waals surface area contributed by atoms with Crippen LogP contribution in [0.2, 0.25) is 0 Å². The monoisotopic (exact) mass is 212 g/mol. The van der Waals surface area contributed by atoms with Crippen LogP contribution in [0.1, 0.15) is 27.2 Å². The second-order valence-corrected chi connectivity index (χ2v) is 5.85. The Kier molecular flexibility index (Phi) is 3.05. The summed E-state index contributed by atoms with van der Waals surface area (Å²) >= 11 is 1.88. The zero-order chi connectivity index (χ0) is 10.1. The molecule has 1 aliphatic carbocycles. The van der Waals surface area contributed by atoms with Gasteiger partial charge in [0.1, 0.15) is 0 Å². The fourth-order valence-corrected chi connectivity index (χ4v) is 2.82. The van der Waals surface area contributed by atoms with Gasteiger partial charge in [0.2, 0.25) is 0 Å². The number of rotatable bonds is 2. The predicted molar refractivity (Wildman–Crippen MR) is 63.8 cm³/mol. The molecule has 14 heavy (non-hydrogen) atoms. The Balaban J connectivity index is 1.80. The van der Waals surface area contributed by atoms with Crippen LogP contribution in [0, 0.1) is 17.8 Å². The predicted octanol–water partition coefficient (Wildman–Crippen LogP) is 2.36. The van der Waals surface area contributed by atoms with Crippen molar-refractivity contribution in [3.05, 3.63) is 0 Å². The maximum atomic E-state index is 4.65. The smallest absolute Gasteiger partial charge is 0.156 e. The van der Waals surface area contributed by atoms with Crippen molar-refractivity contribution in [2.45, 2.75) is 33.2 Å². The minimum Gasteiger partial charge on any atom is -0.362 e. The number of thioether (sulfide) groups is 1. The molecule has 0 aromatic carbocycles. The van der Waals surface area contributed by atoms with Gasteiger partial charge in [0, 0.05) is 18.3 Å². The molecule has 0 spiro atoms. The van der Waals surface area contributed by atoms with Gasteiger partial charge in [-0.15, -0.1) is 0 Å². The van der Waals surface area contributed by atoms with Crippen molar-refractivity contribution in [1.82, 2.24) is 5.32 Å². The van der Waals surface area contributed by atoms with E-state index >= 15 is 0 Å². The molecule has 0 radical (unpaired) electrons. The standard InChI is InChI=1S/C11H20N2S/c1-7-4-10(7)5-12-11-13-9(3)8(2)6-14-11/h7-10H,4-6H2,1-3H3,(H,12,13). The molecule has 0 aromatic heterocycles. The Labute approximate surface area is 90.9 Å². The Bertz CT molecular complexity index is 239. The molecule has 3 heteroatoms. The molecule has 80 valence electrons. The van der Waals surface area contributed by atoms with Crippen LogP contribution in [0.25, 0.3) is 0 Å². The molecular formula is C11H20N2S. The molecule has 4 unspecified atom stereocenters. The van der Waals surface area contributed by atoms with E-state index in [0.717, 1.165) is 24.3 Å². The van der Waals surface area contributed by atoms with Crippen molar-refractivity contribution in [1.29, 1.82) is 0 Å². The first-order valence-electron chi connectivity index (χ1n) is 5.60. The summed E-state index contributed by atoms with van der Waals surface area (Å²) in [6.45, 7) is 7.90. The zero-order valence-electron chi connectivity index (χ0n) is 9.29. The lowest BCUT2D eigenvalue weighted by atomic mass is 10.1. The molecule has 1 saturated carbocycles. The van der Waals surface area contributed by atoms with Gasteiger partial charge < -0.3 is 5.32 Å². The lowest BCUT2D eigenvalue weighted by Crippen LogP contribution is -2.41. The van der Waals surface area contributed by atoms with E-state index in [1.807, 2.05) is 11.8 Å². The Morgan fingerprint density at radius 3 is 2.64 bits per heavy atom. The highest BCUT2D eigenvalue weighted by atomic mass is 32.2. The van der Waals surface area contributed by atoms with Crippen LogP contribution in [0.3, 0.4) is 0 Å². The van der Waals surface area contributed by atoms with Crippen LogP contribution in [-0.4, -0.2) is 23.5 Å². The molecule has 1 saturated heterocycles. The van der Waals surface area contributed by atoms with Crippen molar-refractivity contribution in [3.8, 4) is 0 Å². The van der Waals surface area contributed by atoms with Gasteiger partial charge in [-0.25, -0.2) is 0 Å². The van der Waals surface area contributed by atoms with E-state index in [0.29, 0.717) is 6.04 Å². The number of hydrogen-bond donors (Lipinski definition) is 1. The molecule has 0 aromatic rings. The maximum Gasteiger partial charge on any atom is 0.156 e. The van der Waals surface area contributed by atoms with Crippen LogP contribution >= 0.6 is 11.8 Å². The molecule has 2 fully saturated rings. The highest BCUT2D eigenvalue weighted by Gasteiger charge is 2.32. The molecule has 2 aliphatic rings. The molecule has 2 nitrogen and oxygen atoms in total. The van der Waals surface area contributed by atoms with Crippen molar-refractivity contribution >= 4 is 16.9 Å². The third-order valence-corrected chi connectivity index (χ3v) is 4.65. The molecular weight excluding hydrogens is 192 g/mol. The SMILES string of the molecule is CC1CC1CN=C1NC(C)C(C)CS1. The molecule has 0 amide bonds. The van der Waals surface area contributed by atoms with Gasteiger partial charge in [0.15, 0.2) is 5.17 Å². The minimum absolute atomic E-state index is 0.589. The number of nitrogens with zero attached hydrogens (tertiary/aromatic N) is 1. The topological polar surface area (TPSA) is 24.4 Å². The molecule has 2 rings (SSSR count). The normalized spacial score (nSPS) is 44.9. The van der Waals surface area contributed by atoms with E-state index in [2.05, 4.69) is 31.1 Å². The highest BCUT2D eigenvalue weighted by molar-refractivity contribution is 8.13. The summed E-state index contributed by atoms with van der Waals surface area (Å²) in [7, 11) is 0. The summed E-state index contributed by atoms with van der Waals surface area (Å²) in [5.74, 6) is 3.77. The van der Waals surface area contributed by atoms with Crippen molar-refractivity contribution < 1.29 is 0 Å². The highest BCUT2D eigenvalue weighted by Crippen LogP contribution is 2.37. The van der Waals surface area contributed by atoms with Gasteiger partial charge in [-0.2, -0.15) is 0 Å². The molecule has 1 heterocycles. The average molecular weight is 212 g/mol. The molecule has 4 atom stereocenters. The van der Waals surface area contributed by atoms with Crippen molar-refractivity contribution in [2.24, 2.45) is 22.7 Å². The van der Waals surface area contributed by atoms with Gasteiger partial charge >= 0.3 is 0 Å². The van der Waals surface area contributed by atoms with Crippen molar-refractivity contribution in [3.63, 3.8) is 0 Å². The van der Waals surface area contributed by atoms with Gasteiger partial charge in [-0.1, -0.05) is 25.6 Å². The van der Waals surface area contributed by atoms with Gasteiger partial charge in [0.05, 0.1) is 0 Å². The van der Waals surface area contributed by atoms with E-state index in [-0.39, 0.29) is 0 Å². The van der Waals surface area contributed by atoms with Gasteiger partial charge in [-0.05, 0) is 31.1 Å². The fourth-order valence-electron chi connectivity index (χ4n) is 1.68. The molecule has 1 N–H and O–H groups in total. The van der Waals surface area contributed by atoms with E-state index in [4.69, 9.17) is 0 Å².